The smallest absolute Gasteiger partial charge is 0.310 e. The minimum atomic E-state index is -1.04. The predicted octanol–water partition coefficient (Wildman–Crippen LogP) is 8.97. The Morgan fingerprint density at radius 1 is 0.872 bits per heavy atom. The molecule has 0 aromatic heterocycles. The van der Waals surface area contributed by atoms with E-state index in [9.17, 15) is 19.4 Å². The fourth-order valence-electron chi connectivity index (χ4n) is 5.59. The molecular weight excluding hydrogens is 487 g/mol. The van der Waals surface area contributed by atoms with Crippen molar-refractivity contribution in [1.82, 2.24) is 0 Å². The summed E-state index contributed by atoms with van der Waals surface area (Å²) in [6.45, 7) is 14.1. The molecule has 0 saturated heterocycles. The molecular formula is C35H43FO3. The Labute approximate surface area is 233 Å². The zero-order valence-corrected chi connectivity index (χ0v) is 24.4. The van der Waals surface area contributed by atoms with Gasteiger partial charge in [0.1, 0.15) is 5.82 Å². The van der Waals surface area contributed by atoms with E-state index in [0.717, 1.165) is 35.1 Å². The number of halogens is 1. The van der Waals surface area contributed by atoms with E-state index in [4.69, 9.17) is 0 Å². The van der Waals surface area contributed by atoms with Crippen LogP contribution in [-0.2, 0) is 10.2 Å². The number of aliphatic carboxylic acids is 1. The van der Waals surface area contributed by atoms with Crippen molar-refractivity contribution in [2.75, 3.05) is 0 Å². The molecule has 0 bridgehead atoms. The molecule has 0 saturated carbocycles. The van der Waals surface area contributed by atoms with E-state index in [1.807, 2.05) is 32.9 Å². The maximum atomic E-state index is 14.8. The number of carboxylic acids is 1. The van der Waals surface area contributed by atoms with E-state index in [1.54, 1.807) is 12.1 Å². The van der Waals surface area contributed by atoms with Crippen LogP contribution in [0.4, 0.5) is 4.39 Å². The SMILES string of the molecule is CCC(O)(C=Cc1ccc(C(CC)(CC)c2ccc(-c3ccc(C(C)C(=O)O)c(F)c3)c(C)c2)cc1C)CC. The molecule has 0 aliphatic carbocycles. The van der Waals surface area contributed by atoms with Crippen LogP contribution in [0.1, 0.15) is 99.6 Å². The fourth-order valence-corrected chi connectivity index (χ4v) is 5.59. The summed E-state index contributed by atoms with van der Waals surface area (Å²) in [4.78, 5) is 11.3. The van der Waals surface area contributed by atoms with Crippen LogP contribution in [0.3, 0.4) is 0 Å². The van der Waals surface area contributed by atoms with Gasteiger partial charge in [-0.2, -0.15) is 0 Å². The summed E-state index contributed by atoms with van der Waals surface area (Å²) in [6, 6.07) is 17.9. The van der Waals surface area contributed by atoms with Gasteiger partial charge >= 0.3 is 5.97 Å². The molecule has 3 rings (SSSR count). The number of hydrogen-bond donors (Lipinski definition) is 2. The zero-order valence-electron chi connectivity index (χ0n) is 24.4. The lowest BCUT2D eigenvalue weighted by molar-refractivity contribution is -0.138. The molecule has 1 atom stereocenters. The van der Waals surface area contributed by atoms with Crippen LogP contribution in [0.15, 0.2) is 60.7 Å². The zero-order chi connectivity index (χ0) is 29.0. The second-order valence-electron chi connectivity index (χ2n) is 10.8. The highest BCUT2D eigenvalue weighted by Gasteiger charge is 2.31. The van der Waals surface area contributed by atoms with Crippen molar-refractivity contribution in [2.24, 2.45) is 0 Å². The number of carboxylic acid groups (broad SMARTS) is 1. The van der Waals surface area contributed by atoms with Gasteiger partial charge in [0.15, 0.2) is 0 Å². The fraction of sp³-hybridized carbons (Fsp3) is 0.400. The highest BCUT2D eigenvalue weighted by atomic mass is 19.1. The number of carbonyl (C=O) groups is 1. The van der Waals surface area contributed by atoms with Crippen LogP contribution < -0.4 is 0 Å². The van der Waals surface area contributed by atoms with Crippen LogP contribution in [0, 0.1) is 19.7 Å². The van der Waals surface area contributed by atoms with Crippen molar-refractivity contribution in [2.45, 2.75) is 91.1 Å². The minimum Gasteiger partial charge on any atom is -0.481 e. The van der Waals surface area contributed by atoms with Gasteiger partial charge in [-0.3, -0.25) is 4.79 Å². The first kappa shape index (κ1) is 30.3. The molecule has 3 aromatic carbocycles. The van der Waals surface area contributed by atoms with Gasteiger partial charge in [-0.15, -0.1) is 0 Å². The first-order valence-corrected chi connectivity index (χ1v) is 14.1. The molecule has 0 spiro atoms. The molecule has 0 aliphatic rings. The number of rotatable bonds is 11. The topological polar surface area (TPSA) is 57.5 Å². The van der Waals surface area contributed by atoms with Gasteiger partial charge in [0.05, 0.1) is 11.5 Å². The van der Waals surface area contributed by atoms with Gasteiger partial charge in [-0.1, -0.05) is 88.4 Å². The van der Waals surface area contributed by atoms with Gasteiger partial charge in [0, 0.05) is 11.0 Å². The van der Waals surface area contributed by atoms with E-state index in [-0.39, 0.29) is 11.0 Å². The molecule has 1 unspecified atom stereocenters. The molecule has 3 nitrogen and oxygen atoms in total. The molecule has 208 valence electrons. The average Bonchev–Trinajstić information content (AvgIpc) is 2.93. The van der Waals surface area contributed by atoms with Crippen LogP contribution in [0.25, 0.3) is 17.2 Å². The Morgan fingerprint density at radius 2 is 1.46 bits per heavy atom. The lowest BCUT2D eigenvalue weighted by Crippen LogP contribution is -2.26. The standard InChI is InChI=1S/C35H43FO3/c1-8-34(39,9-2)19-18-26-12-14-28(20-23(26)5)35(10-3,11-4)29-15-17-30(24(6)21-29)27-13-16-31(32(36)22-27)25(7)33(37)38/h12-22,25,39H,8-11H2,1-7H3,(H,37,38). The number of aryl methyl sites for hydroxylation is 2. The Balaban J connectivity index is 2.00. The van der Waals surface area contributed by atoms with Gasteiger partial charge in [-0.05, 0) is 91.5 Å². The first-order chi connectivity index (χ1) is 18.4. The third-order valence-corrected chi connectivity index (χ3v) is 8.75. The van der Waals surface area contributed by atoms with Crippen molar-refractivity contribution < 1.29 is 19.4 Å². The summed E-state index contributed by atoms with van der Waals surface area (Å²) in [7, 11) is 0. The molecule has 0 heterocycles. The summed E-state index contributed by atoms with van der Waals surface area (Å²) >= 11 is 0. The third kappa shape index (κ3) is 6.17. The monoisotopic (exact) mass is 530 g/mol. The van der Waals surface area contributed by atoms with Crippen LogP contribution in [0.2, 0.25) is 0 Å². The lowest BCUT2D eigenvalue weighted by atomic mass is 9.69. The lowest BCUT2D eigenvalue weighted by Gasteiger charge is -2.34. The van der Waals surface area contributed by atoms with Crippen LogP contribution in [0.5, 0.6) is 0 Å². The predicted molar refractivity (Wildman–Crippen MR) is 160 cm³/mol. The average molecular weight is 531 g/mol. The Kier molecular flexibility index (Phi) is 9.55. The molecule has 39 heavy (non-hydrogen) atoms. The van der Waals surface area contributed by atoms with Crippen molar-refractivity contribution in [3.63, 3.8) is 0 Å². The van der Waals surface area contributed by atoms with Crippen molar-refractivity contribution in [1.29, 1.82) is 0 Å². The highest BCUT2D eigenvalue weighted by Crippen LogP contribution is 2.41. The van der Waals surface area contributed by atoms with E-state index in [1.165, 1.54) is 29.7 Å². The molecule has 3 aromatic rings. The van der Waals surface area contributed by atoms with Gasteiger partial charge in [0.25, 0.3) is 0 Å². The maximum absolute atomic E-state index is 14.8. The number of benzene rings is 3. The summed E-state index contributed by atoms with van der Waals surface area (Å²) < 4.78 is 14.8. The molecule has 0 amide bonds. The largest absolute Gasteiger partial charge is 0.481 e. The second-order valence-corrected chi connectivity index (χ2v) is 10.8. The molecule has 0 radical (unpaired) electrons. The van der Waals surface area contributed by atoms with Crippen LogP contribution in [-0.4, -0.2) is 21.8 Å². The van der Waals surface area contributed by atoms with Crippen LogP contribution >= 0.6 is 0 Å². The van der Waals surface area contributed by atoms with Gasteiger partial charge in [0.2, 0.25) is 0 Å². The van der Waals surface area contributed by atoms with E-state index < -0.39 is 23.3 Å². The van der Waals surface area contributed by atoms with Crippen molar-refractivity contribution in [3.8, 4) is 11.1 Å². The van der Waals surface area contributed by atoms with Gasteiger partial charge < -0.3 is 10.2 Å². The quantitative estimate of drug-likeness (QED) is 0.260. The summed E-state index contributed by atoms with van der Waals surface area (Å²) in [5, 5.41) is 19.9. The molecule has 0 fully saturated rings. The summed E-state index contributed by atoms with van der Waals surface area (Å²) in [6.07, 6.45) is 7.17. The van der Waals surface area contributed by atoms with E-state index in [2.05, 4.69) is 57.2 Å². The molecule has 0 aliphatic heterocycles. The Hall–Kier alpha value is -3.24. The first-order valence-electron chi connectivity index (χ1n) is 14.1. The highest BCUT2D eigenvalue weighted by molar-refractivity contribution is 5.76. The second kappa shape index (κ2) is 12.3. The van der Waals surface area contributed by atoms with E-state index in [0.29, 0.717) is 12.8 Å². The minimum absolute atomic E-state index is 0.171. The molecule has 4 heteroatoms. The van der Waals surface area contributed by atoms with Crippen molar-refractivity contribution in [3.05, 3.63) is 99.9 Å². The van der Waals surface area contributed by atoms with Gasteiger partial charge in [-0.25, -0.2) is 4.39 Å². The molecule has 2 N–H and O–H groups in total. The summed E-state index contributed by atoms with van der Waals surface area (Å²) in [5.41, 5.74) is 6.72. The Bertz CT molecular complexity index is 1350. The number of hydrogen-bond acceptors (Lipinski definition) is 2. The van der Waals surface area contributed by atoms with E-state index >= 15 is 0 Å². The third-order valence-electron chi connectivity index (χ3n) is 8.75. The maximum Gasteiger partial charge on any atom is 0.310 e. The summed E-state index contributed by atoms with van der Waals surface area (Å²) in [5.74, 6) is -2.43. The normalized spacial score (nSPS) is 13.2. The van der Waals surface area contributed by atoms with Crippen molar-refractivity contribution >= 4 is 12.0 Å². The Morgan fingerprint density at radius 3 is 1.95 bits per heavy atom. The number of aliphatic hydroxyl groups is 1.